The second-order valence-corrected chi connectivity index (χ2v) is 5.95. The highest BCUT2D eigenvalue weighted by molar-refractivity contribution is 9.11. The van der Waals surface area contributed by atoms with Gasteiger partial charge in [-0.05, 0) is 39.7 Å². The number of rotatable bonds is 0. The molecule has 0 aliphatic heterocycles. The van der Waals surface area contributed by atoms with Crippen molar-refractivity contribution in [2.75, 3.05) is 0 Å². The highest BCUT2D eigenvalue weighted by Crippen LogP contribution is 2.42. The van der Waals surface area contributed by atoms with Crippen LogP contribution in [0.25, 0.3) is 11.1 Å². The molecule has 1 aliphatic carbocycles. The zero-order valence-electron chi connectivity index (χ0n) is 7.99. The van der Waals surface area contributed by atoms with E-state index in [1.54, 1.807) is 6.07 Å². The number of carbonyl (C=O) groups is 1. The first-order valence-electron chi connectivity index (χ1n) is 4.65. The minimum Gasteiger partial charge on any atom is -0.290 e. The summed E-state index contributed by atoms with van der Waals surface area (Å²) >= 11 is 4.78. The van der Waals surface area contributed by atoms with Crippen LogP contribution in [0.15, 0.2) is 38.9 Å². The quantitative estimate of drug-likeness (QED) is 0.638. The molecule has 16 heavy (non-hydrogen) atoms. The fraction of sp³-hybridized carbons (Fsp3) is 0. The topological polar surface area (TPSA) is 34.1 Å². The van der Waals surface area contributed by atoms with E-state index in [4.69, 9.17) is 0 Å². The van der Waals surface area contributed by atoms with Crippen LogP contribution in [-0.2, 0) is 0 Å². The van der Waals surface area contributed by atoms with Gasteiger partial charge in [-0.1, -0.05) is 12.1 Å². The van der Waals surface area contributed by atoms with Gasteiger partial charge in [-0.25, -0.2) is 0 Å². The molecule has 0 saturated heterocycles. The molecule has 0 saturated carbocycles. The van der Waals surface area contributed by atoms with Gasteiger partial charge in [0.25, 0.3) is 0 Å². The monoisotopic (exact) mass is 292 g/mol. The van der Waals surface area contributed by atoms with Crippen molar-refractivity contribution in [2.45, 2.75) is 0 Å². The fourth-order valence-corrected chi connectivity index (χ4v) is 3.44. The Morgan fingerprint density at radius 1 is 1.00 bits per heavy atom. The molecule has 0 unspecified atom stereocenters. The van der Waals surface area contributed by atoms with E-state index in [1.165, 1.54) is 23.5 Å². The lowest BCUT2D eigenvalue weighted by Gasteiger charge is -1.90. The lowest BCUT2D eigenvalue weighted by molar-refractivity contribution is 0.104. The van der Waals surface area contributed by atoms with E-state index in [0.717, 1.165) is 14.9 Å². The summed E-state index contributed by atoms with van der Waals surface area (Å²) in [4.78, 5) is 24.1. The maximum Gasteiger partial charge on any atom is 0.204 e. The summed E-state index contributed by atoms with van der Waals surface area (Å²) in [6, 6.07) is 8.31. The molecule has 1 aromatic heterocycles. The van der Waals surface area contributed by atoms with Crippen molar-refractivity contribution in [3.8, 4) is 11.1 Å². The normalized spacial score (nSPS) is 12.4. The average Bonchev–Trinajstić information content (AvgIpc) is 2.62. The van der Waals surface area contributed by atoms with Gasteiger partial charge in [0.2, 0.25) is 5.78 Å². The van der Waals surface area contributed by atoms with Crippen LogP contribution in [0.1, 0.15) is 15.2 Å². The lowest BCUT2D eigenvalue weighted by Crippen LogP contribution is -1.98. The molecular weight excluding hydrogens is 288 g/mol. The first-order chi connectivity index (χ1) is 7.66. The number of hydrogen-bond acceptors (Lipinski definition) is 3. The van der Waals surface area contributed by atoms with E-state index in [0.29, 0.717) is 10.4 Å². The number of fused-ring (bicyclic) bond motifs is 3. The van der Waals surface area contributed by atoms with E-state index in [1.807, 2.05) is 12.1 Å². The van der Waals surface area contributed by atoms with Crippen LogP contribution < -0.4 is 5.43 Å². The summed E-state index contributed by atoms with van der Waals surface area (Å²) in [5.74, 6) is -0.0472. The molecule has 3 rings (SSSR count). The summed E-state index contributed by atoms with van der Waals surface area (Å²) < 4.78 is 0.936. The molecule has 0 radical (unpaired) electrons. The van der Waals surface area contributed by atoms with E-state index >= 15 is 0 Å². The molecule has 2 nitrogen and oxygen atoms in total. The van der Waals surface area contributed by atoms with Gasteiger partial charge in [0.15, 0.2) is 5.43 Å². The van der Waals surface area contributed by atoms with Gasteiger partial charge in [-0.2, -0.15) is 0 Å². The van der Waals surface area contributed by atoms with Gasteiger partial charge in [-0.15, -0.1) is 11.3 Å². The predicted octanol–water partition coefficient (Wildman–Crippen LogP) is 3.08. The van der Waals surface area contributed by atoms with Crippen molar-refractivity contribution >= 4 is 33.0 Å². The summed E-state index contributed by atoms with van der Waals surface area (Å²) in [6.07, 6.45) is 0. The molecule has 0 atom stereocenters. The van der Waals surface area contributed by atoms with E-state index in [9.17, 15) is 9.59 Å². The summed E-state index contributed by atoms with van der Waals surface area (Å²) in [7, 11) is 0. The lowest BCUT2D eigenvalue weighted by atomic mass is 10.1. The third-order valence-corrected chi connectivity index (χ3v) is 4.18. The van der Waals surface area contributed by atoms with Crippen molar-refractivity contribution in [3.63, 3.8) is 0 Å². The Labute approximate surface area is 104 Å². The van der Waals surface area contributed by atoms with Gasteiger partial charge in [0, 0.05) is 11.1 Å². The van der Waals surface area contributed by atoms with Gasteiger partial charge in [-0.3, -0.25) is 9.59 Å². The Morgan fingerprint density at radius 3 is 2.62 bits per heavy atom. The molecular formula is C12H5BrO2S. The Balaban J connectivity index is 2.43. The number of hydrogen-bond donors (Lipinski definition) is 0. The van der Waals surface area contributed by atoms with E-state index in [-0.39, 0.29) is 11.2 Å². The molecule has 4 heteroatoms. The predicted molar refractivity (Wildman–Crippen MR) is 67.2 cm³/mol. The molecule has 2 aromatic rings. The van der Waals surface area contributed by atoms with Crippen molar-refractivity contribution < 1.29 is 4.79 Å². The standard InChI is InChI=1S/C12H5BrO2S/c13-10-5-9-7-3-1-2-6(14)4-8(7)11(15)12(9)16-10/h1-5H. The minimum absolute atomic E-state index is 0.0472. The van der Waals surface area contributed by atoms with Crippen LogP contribution >= 0.6 is 27.3 Å². The largest absolute Gasteiger partial charge is 0.290 e. The molecule has 1 aliphatic rings. The SMILES string of the molecule is O=C1c2cc(=O)cccc2-c2cc(Br)sc21. The average molecular weight is 293 g/mol. The molecule has 0 spiro atoms. The van der Waals surface area contributed by atoms with Crippen molar-refractivity contribution in [2.24, 2.45) is 0 Å². The molecule has 1 heterocycles. The third-order valence-electron chi connectivity index (χ3n) is 2.54. The van der Waals surface area contributed by atoms with Crippen molar-refractivity contribution in [1.82, 2.24) is 0 Å². The fourth-order valence-electron chi connectivity index (χ4n) is 1.87. The number of ketones is 1. The highest BCUT2D eigenvalue weighted by atomic mass is 79.9. The smallest absolute Gasteiger partial charge is 0.204 e. The van der Waals surface area contributed by atoms with Crippen molar-refractivity contribution in [1.29, 1.82) is 0 Å². The van der Waals surface area contributed by atoms with Gasteiger partial charge >= 0.3 is 0 Å². The first-order valence-corrected chi connectivity index (χ1v) is 6.26. The van der Waals surface area contributed by atoms with Crippen LogP contribution in [0, 0.1) is 0 Å². The zero-order chi connectivity index (χ0) is 11.3. The van der Waals surface area contributed by atoms with Crippen LogP contribution in [-0.4, -0.2) is 5.78 Å². The molecule has 78 valence electrons. The minimum atomic E-state index is -0.135. The molecule has 0 N–H and O–H groups in total. The maximum absolute atomic E-state index is 12.0. The molecule has 0 fully saturated rings. The van der Waals surface area contributed by atoms with Crippen LogP contribution in [0.3, 0.4) is 0 Å². The van der Waals surface area contributed by atoms with E-state index < -0.39 is 0 Å². The van der Waals surface area contributed by atoms with Gasteiger partial charge < -0.3 is 0 Å². The van der Waals surface area contributed by atoms with Crippen molar-refractivity contribution in [3.05, 3.63) is 54.8 Å². The molecule has 0 amide bonds. The molecule has 0 bridgehead atoms. The number of halogens is 1. The van der Waals surface area contributed by atoms with E-state index in [2.05, 4.69) is 15.9 Å². The third kappa shape index (κ3) is 1.30. The maximum atomic E-state index is 12.0. The van der Waals surface area contributed by atoms with Gasteiger partial charge in [0.05, 0.1) is 8.66 Å². The molecule has 1 aromatic carbocycles. The number of carbonyl (C=O) groups excluding carboxylic acids is 1. The zero-order valence-corrected chi connectivity index (χ0v) is 10.4. The van der Waals surface area contributed by atoms with Gasteiger partial charge in [0.1, 0.15) is 0 Å². The Bertz CT molecular complexity index is 673. The first kappa shape index (κ1) is 9.93. The number of thiophene rings is 1. The summed E-state index contributed by atoms with van der Waals surface area (Å²) in [5.41, 5.74) is 2.16. The Kier molecular flexibility index (Phi) is 2.09. The van der Waals surface area contributed by atoms with Crippen LogP contribution in [0.4, 0.5) is 0 Å². The Morgan fingerprint density at radius 2 is 1.81 bits per heavy atom. The second kappa shape index (κ2) is 3.37. The summed E-state index contributed by atoms with van der Waals surface area (Å²) in [6.45, 7) is 0. The highest BCUT2D eigenvalue weighted by Gasteiger charge is 2.28. The second-order valence-electron chi connectivity index (χ2n) is 3.52. The van der Waals surface area contributed by atoms with Crippen LogP contribution in [0.5, 0.6) is 0 Å². The van der Waals surface area contributed by atoms with Crippen LogP contribution in [0.2, 0.25) is 0 Å². The Hall–Kier alpha value is -1.26. The summed E-state index contributed by atoms with van der Waals surface area (Å²) in [5, 5.41) is 0.